The number of hydrogen-bond acceptors (Lipinski definition) is 3. The molecule has 7 heteroatoms. The summed E-state index contributed by atoms with van der Waals surface area (Å²) >= 11 is 5.86. The number of nitrogens with one attached hydrogen (secondary N) is 1. The van der Waals surface area contributed by atoms with Crippen LogP contribution < -0.4 is 5.32 Å². The number of nitrogens with zero attached hydrogens (tertiary/aromatic N) is 1. The molecule has 3 rings (SSSR count). The third kappa shape index (κ3) is 3.88. The Kier molecular flexibility index (Phi) is 6.01. The molecule has 2 unspecified atom stereocenters. The zero-order chi connectivity index (χ0) is 20.3. The first kappa shape index (κ1) is 20.3. The molecule has 1 aliphatic rings. The fourth-order valence-electron chi connectivity index (χ4n) is 3.44. The summed E-state index contributed by atoms with van der Waals surface area (Å²) in [6.45, 7) is 1.81. The summed E-state index contributed by atoms with van der Waals surface area (Å²) in [7, 11) is 0. The van der Waals surface area contributed by atoms with E-state index >= 15 is 0 Å². The fraction of sp³-hybridized carbons (Fsp3) is 0.333. The number of hydrogen-bond donors (Lipinski definition) is 2. The van der Waals surface area contributed by atoms with Gasteiger partial charge in [-0.3, -0.25) is 9.69 Å². The van der Waals surface area contributed by atoms with Crippen LogP contribution in [0.4, 0.5) is 9.18 Å². The average molecular weight is 405 g/mol. The van der Waals surface area contributed by atoms with Crippen molar-refractivity contribution >= 4 is 23.5 Å². The molecule has 0 aromatic heterocycles. The zero-order valence-electron chi connectivity index (χ0n) is 15.5. The molecular formula is C21H22ClFN2O3. The quantitative estimate of drug-likeness (QED) is 0.681. The van der Waals surface area contributed by atoms with E-state index in [2.05, 4.69) is 5.32 Å². The molecule has 1 aliphatic heterocycles. The van der Waals surface area contributed by atoms with Gasteiger partial charge in [-0.05, 0) is 41.8 Å². The number of aliphatic hydroxyl groups is 1. The molecular weight excluding hydrogens is 383 g/mol. The molecule has 0 saturated carbocycles. The third-order valence-electron chi connectivity index (χ3n) is 5.03. The summed E-state index contributed by atoms with van der Waals surface area (Å²) in [5.74, 6) is -0.855. The van der Waals surface area contributed by atoms with Gasteiger partial charge in [-0.15, -0.1) is 0 Å². The first-order chi connectivity index (χ1) is 13.4. The Hall–Kier alpha value is -2.44. The van der Waals surface area contributed by atoms with Crippen LogP contribution in [0, 0.1) is 5.82 Å². The Morgan fingerprint density at radius 3 is 2.39 bits per heavy atom. The first-order valence-electron chi connectivity index (χ1n) is 9.21. The number of benzene rings is 2. The maximum Gasteiger partial charge on any atom is 0.325 e. The van der Waals surface area contributed by atoms with Crippen LogP contribution in [0.15, 0.2) is 48.5 Å². The van der Waals surface area contributed by atoms with E-state index in [4.69, 9.17) is 11.6 Å². The molecule has 2 aromatic rings. The number of aliphatic hydroxyl groups excluding tert-OH is 1. The Bertz CT molecular complexity index is 857. The molecule has 1 fully saturated rings. The number of urea groups is 1. The topological polar surface area (TPSA) is 69.6 Å². The SMILES string of the molecule is CCCCC1(c2ccc(F)cc2)NC(=O)N(CC(O)c2ccc(Cl)cc2)C1=O. The Morgan fingerprint density at radius 1 is 1.14 bits per heavy atom. The van der Waals surface area contributed by atoms with E-state index in [0.717, 1.165) is 11.3 Å². The largest absolute Gasteiger partial charge is 0.387 e. The van der Waals surface area contributed by atoms with Crippen molar-refractivity contribution in [3.8, 4) is 0 Å². The van der Waals surface area contributed by atoms with Gasteiger partial charge in [0.1, 0.15) is 11.4 Å². The molecule has 2 atom stereocenters. The van der Waals surface area contributed by atoms with E-state index in [9.17, 15) is 19.1 Å². The minimum atomic E-state index is -1.25. The van der Waals surface area contributed by atoms with Crippen molar-refractivity contribution in [1.29, 1.82) is 0 Å². The van der Waals surface area contributed by atoms with E-state index in [1.54, 1.807) is 24.3 Å². The summed E-state index contributed by atoms with van der Waals surface area (Å²) in [5, 5.41) is 13.8. The first-order valence-corrected chi connectivity index (χ1v) is 9.59. The van der Waals surface area contributed by atoms with E-state index in [1.807, 2.05) is 6.92 Å². The second-order valence-corrected chi connectivity index (χ2v) is 7.37. The smallest absolute Gasteiger partial charge is 0.325 e. The van der Waals surface area contributed by atoms with Gasteiger partial charge in [0.2, 0.25) is 0 Å². The number of unbranched alkanes of at least 4 members (excludes halogenated alkanes) is 1. The molecule has 0 spiro atoms. The lowest BCUT2D eigenvalue weighted by Crippen LogP contribution is -2.44. The summed E-state index contributed by atoms with van der Waals surface area (Å²) in [6, 6.07) is 11.6. The lowest BCUT2D eigenvalue weighted by atomic mass is 9.84. The van der Waals surface area contributed by atoms with Crippen LogP contribution in [0.1, 0.15) is 43.4 Å². The maximum absolute atomic E-state index is 13.4. The van der Waals surface area contributed by atoms with Crippen LogP contribution in [-0.2, 0) is 10.3 Å². The molecule has 2 N–H and O–H groups in total. The molecule has 0 aliphatic carbocycles. The summed E-state index contributed by atoms with van der Waals surface area (Å²) < 4.78 is 13.4. The number of imide groups is 1. The van der Waals surface area contributed by atoms with Crippen molar-refractivity contribution < 1.29 is 19.1 Å². The molecule has 148 valence electrons. The van der Waals surface area contributed by atoms with Crippen LogP contribution in [-0.4, -0.2) is 28.5 Å². The summed E-state index contributed by atoms with van der Waals surface area (Å²) in [6.07, 6.45) is 0.895. The van der Waals surface area contributed by atoms with Gasteiger partial charge in [0.25, 0.3) is 5.91 Å². The summed E-state index contributed by atoms with van der Waals surface area (Å²) in [5.41, 5.74) is -0.164. The number of carbonyl (C=O) groups excluding carboxylic acids is 2. The van der Waals surface area contributed by atoms with E-state index in [-0.39, 0.29) is 6.54 Å². The molecule has 3 amide bonds. The van der Waals surface area contributed by atoms with Crippen molar-refractivity contribution in [3.05, 3.63) is 70.5 Å². The normalized spacial score (nSPS) is 20.4. The second-order valence-electron chi connectivity index (χ2n) is 6.93. The minimum absolute atomic E-state index is 0.179. The predicted molar refractivity (Wildman–Crippen MR) is 104 cm³/mol. The van der Waals surface area contributed by atoms with Crippen molar-refractivity contribution in [2.45, 2.75) is 37.8 Å². The van der Waals surface area contributed by atoms with Gasteiger partial charge < -0.3 is 10.4 Å². The van der Waals surface area contributed by atoms with E-state index in [1.165, 1.54) is 24.3 Å². The van der Waals surface area contributed by atoms with Crippen LogP contribution in [0.5, 0.6) is 0 Å². The number of β-amino-alcohol motifs (C(OH)–C–C–N with tert-alkyl or cyclic N) is 1. The molecule has 0 radical (unpaired) electrons. The van der Waals surface area contributed by atoms with Crippen LogP contribution >= 0.6 is 11.6 Å². The van der Waals surface area contributed by atoms with E-state index < -0.39 is 29.4 Å². The lowest BCUT2D eigenvalue weighted by Gasteiger charge is -2.27. The third-order valence-corrected chi connectivity index (χ3v) is 5.28. The molecule has 28 heavy (non-hydrogen) atoms. The fourth-order valence-corrected chi connectivity index (χ4v) is 3.57. The minimum Gasteiger partial charge on any atom is -0.387 e. The van der Waals surface area contributed by atoms with Crippen LogP contribution in [0.2, 0.25) is 5.02 Å². The van der Waals surface area contributed by atoms with Gasteiger partial charge in [0.05, 0.1) is 12.6 Å². The average Bonchev–Trinajstić information content (AvgIpc) is 2.92. The molecule has 2 aromatic carbocycles. The number of rotatable bonds is 7. The van der Waals surface area contributed by atoms with Crippen LogP contribution in [0.25, 0.3) is 0 Å². The maximum atomic E-state index is 13.4. The standard InChI is InChI=1S/C21H22ClFN2O3/c1-2-3-12-21(15-6-10-17(23)11-7-15)19(27)25(20(28)24-21)13-18(26)14-4-8-16(22)9-5-14/h4-11,18,26H,2-3,12-13H2,1H3,(H,24,28). The van der Waals surface area contributed by atoms with Gasteiger partial charge >= 0.3 is 6.03 Å². The molecule has 1 saturated heterocycles. The highest BCUT2D eigenvalue weighted by molar-refractivity contribution is 6.30. The predicted octanol–water partition coefficient (Wildman–Crippen LogP) is 4.15. The highest BCUT2D eigenvalue weighted by Crippen LogP contribution is 2.35. The van der Waals surface area contributed by atoms with Gasteiger partial charge in [0, 0.05) is 5.02 Å². The second kappa shape index (κ2) is 8.29. The monoisotopic (exact) mass is 404 g/mol. The van der Waals surface area contributed by atoms with Crippen molar-refractivity contribution in [2.24, 2.45) is 0 Å². The Balaban J connectivity index is 1.88. The van der Waals surface area contributed by atoms with Gasteiger partial charge in [-0.1, -0.05) is 55.6 Å². The molecule has 1 heterocycles. The molecule has 0 bridgehead atoms. The Labute approximate surface area is 168 Å². The van der Waals surface area contributed by atoms with Gasteiger partial charge in [-0.2, -0.15) is 0 Å². The van der Waals surface area contributed by atoms with Crippen molar-refractivity contribution in [2.75, 3.05) is 6.54 Å². The van der Waals surface area contributed by atoms with Gasteiger partial charge in [0.15, 0.2) is 0 Å². The van der Waals surface area contributed by atoms with Crippen molar-refractivity contribution in [3.63, 3.8) is 0 Å². The van der Waals surface area contributed by atoms with Gasteiger partial charge in [-0.25, -0.2) is 9.18 Å². The lowest BCUT2D eigenvalue weighted by molar-refractivity contribution is -0.133. The highest BCUT2D eigenvalue weighted by atomic mass is 35.5. The Morgan fingerprint density at radius 2 is 1.79 bits per heavy atom. The number of halogens is 2. The van der Waals surface area contributed by atoms with E-state index in [0.29, 0.717) is 29.0 Å². The summed E-state index contributed by atoms with van der Waals surface area (Å²) in [4.78, 5) is 26.9. The van der Waals surface area contributed by atoms with Crippen molar-refractivity contribution in [1.82, 2.24) is 10.2 Å². The highest BCUT2D eigenvalue weighted by Gasteiger charge is 2.52. The zero-order valence-corrected chi connectivity index (χ0v) is 16.2. The van der Waals surface area contributed by atoms with Crippen LogP contribution in [0.3, 0.4) is 0 Å². The number of carbonyl (C=O) groups is 2. The number of amides is 3. The molecule has 5 nitrogen and oxygen atoms in total.